The van der Waals surface area contributed by atoms with Crippen molar-refractivity contribution in [3.63, 3.8) is 0 Å². The lowest BCUT2D eigenvalue weighted by Gasteiger charge is -2.04. The number of hydrogen-bond acceptors (Lipinski definition) is 3. The summed E-state index contributed by atoms with van der Waals surface area (Å²) < 4.78 is 5.00. The van der Waals surface area contributed by atoms with E-state index >= 15 is 0 Å². The third-order valence-corrected chi connectivity index (χ3v) is 2.06. The summed E-state index contributed by atoms with van der Waals surface area (Å²) in [6.07, 6.45) is 1.22. The Bertz CT molecular complexity index is 306. The molecular weight excluding hydrogens is 190 g/mol. The molecule has 0 amide bonds. The molecule has 0 saturated heterocycles. The number of hydrogen-bond donors (Lipinski definition) is 1. The molecule has 0 aliphatic rings. The fourth-order valence-corrected chi connectivity index (χ4v) is 1.22. The van der Waals surface area contributed by atoms with Crippen molar-refractivity contribution in [2.45, 2.75) is 19.8 Å². The molecule has 0 heterocycles. The fraction of sp³-hybridized carbons (Fsp3) is 0.417. The predicted molar refractivity (Wildman–Crippen MR) is 60.9 cm³/mol. The van der Waals surface area contributed by atoms with Gasteiger partial charge in [0.25, 0.3) is 0 Å². The molecule has 1 aromatic carbocycles. The number of anilines is 1. The molecular formula is C12H17NO2. The molecule has 0 fully saturated rings. The summed E-state index contributed by atoms with van der Waals surface area (Å²) in [6, 6.07) is 7.75. The largest absolute Gasteiger partial charge is 0.465 e. The van der Waals surface area contributed by atoms with Crippen LogP contribution in [0.4, 0.5) is 5.69 Å². The average molecular weight is 207 g/mol. The minimum Gasteiger partial charge on any atom is -0.465 e. The van der Waals surface area contributed by atoms with Crippen LogP contribution in [-0.4, -0.2) is 19.6 Å². The number of benzene rings is 1. The topological polar surface area (TPSA) is 38.3 Å². The third-order valence-electron chi connectivity index (χ3n) is 2.06. The molecule has 1 N–H and O–H groups in total. The highest BCUT2D eigenvalue weighted by atomic mass is 16.5. The van der Waals surface area contributed by atoms with Crippen molar-refractivity contribution in [1.82, 2.24) is 0 Å². The van der Waals surface area contributed by atoms with Crippen LogP contribution >= 0.6 is 0 Å². The zero-order valence-corrected chi connectivity index (χ0v) is 9.25. The van der Waals surface area contributed by atoms with E-state index in [9.17, 15) is 4.79 Å². The molecule has 0 aliphatic heterocycles. The predicted octanol–water partition coefficient (Wildman–Crippen LogP) is 2.22. The van der Waals surface area contributed by atoms with Crippen molar-refractivity contribution in [3.05, 3.63) is 29.8 Å². The van der Waals surface area contributed by atoms with Gasteiger partial charge in [-0.15, -0.1) is 0 Å². The van der Waals surface area contributed by atoms with Gasteiger partial charge in [-0.25, -0.2) is 0 Å². The summed E-state index contributed by atoms with van der Waals surface area (Å²) in [6.45, 7) is 2.49. The van der Waals surface area contributed by atoms with Gasteiger partial charge in [-0.1, -0.05) is 19.1 Å². The second kappa shape index (κ2) is 6.06. The first kappa shape index (κ1) is 11.6. The van der Waals surface area contributed by atoms with Crippen LogP contribution in [0.1, 0.15) is 18.9 Å². The molecule has 0 radical (unpaired) electrons. The lowest BCUT2D eigenvalue weighted by Crippen LogP contribution is -2.08. The normalized spacial score (nSPS) is 9.73. The number of rotatable bonds is 5. The van der Waals surface area contributed by atoms with E-state index in [-0.39, 0.29) is 5.97 Å². The second-order valence-electron chi connectivity index (χ2n) is 3.34. The van der Waals surface area contributed by atoms with Crippen LogP contribution < -0.4 is 5.32 Å². The standard InChI is InChI=1S/C12H17NO2/c1-3-8-15-12(14)9-10-4-6-11(13-2)7-5-10/h4-7,13H,3,8-9H2,1-2H3. The number of carbonyl (C=O) groups is 1. The quantitative estimate of drug-likeness (QED) is 0.752. The Balaban J connectivity index is 2.46. The Labute approximate surface area is 90.4 Å². The molecule has 0 aromatic heterocycles. The Morgan fingerprint density at radius 3 is 2.53 bits per heavy atom. The zero-order chi connectivity index (χ0) is 11.1. The highest BCUT2D eigenvalue weighted by Crippen LogP contribution is 2.09. The number of nitrogens with one attached hydrogen (secondary N) is 1. The maximum Gasteiger partial charge on any atom is 0.310 e. The molecule has 0 unspecified atom stereocenters. The van der Waals surface area contributed by atoms with E-state index in [1.165, 1.54) is 0 Å². The minimum absolute atomic E-state index is 0.158. The van der Waals surface area contributed by atoms with Crippen LogP contribution in [0, 0.1) is 0 Å². The summed E-state index contributed by atoms with van der Waals surface area (Å²) in [4.78, 5) is 11.3. The molecule has 3 heteroatoms. The first-order valence-electron chi connectivity index (χ1n) is 5.18. The third kappa shape index (κ3) is 4.02. The van der Waals surface area contributed by atoms with Gasteiger partial charge in [0.05, 0.1) is 13.0 Å². The van der Waals surface area contributed by atoms with Crippen LogP contribution in [0.15, 0.2) is 24.3 Å². The molecule has 15 heavy (non-hydrogen) atoms. The maximum absolute atomic E-state index is 11.3. The average Bonchev–Trinajstić information content (AvgIpc) is 2.27. The van der Waals surface area contributed by atoms with Crippen LogP contribution in [-0.2, 0) is 16.0 Å². The van der Waals surface area contributed by atoms with Crippen molar-refractivity contribution in [2.75, 3.05) is 19.0 Å². The first-order chi connectivity index (χ1) is 7.26. The summed E-state index contributed by atoms with van der Waals surface area (Å²) in [7, 11) is 1.87. The highest BCUT2D eigenvalue weighted by molar-refractivity contribution is 5.72. The second-order valence-corrected chi connectivity index (χ2v) is 3.34. The van der Waals surface area contributed by atoms with E-state index in [4.69, 9.17) is 4.74 Å². The van der Waals surface area contributed by atoms with Gasteiger partial charge in [0.15, 0.2) is 0 Å². The number of carbonyl (C=O) groups excluding carboxylic acids is 1. The summed E-state index contributed by atoms with van der Waals surface area (Å²) in [5, 5.41) is 3.03. The molecule has 1 aromatic rings. The van der Waals surface area contributed by atoms with Crippen molar-refractivity contribution >= 4 is 11.7 Å². The van der Waals surface area contributed by atoms with E-state index in [0.717, 1.165) is 17.7 Å². The SMILES string of the molecule is CCCOC(=O)Cc1ccc(NC)cc1. The Morgan fingerprint density at radius 2 is 2.00 bits per heavy atom. The minimum atomic E-state index is -0.158. The van der Waals surface area contributed by atoms with E-state index < -0.39 is 0 Å². The van der Waals surface area contributed by atoms with Gasteiger partial charge >= 0.3 is 5.97 Å². The van der Waals surface area contributed by atoms with E-state index in [1.54, 1.807) is 0 Å². The van der Waals surface area contributed by atoms with E-state index in [2.05, 4.69) is 5.32 Å². The van der Waals surface area contributed by atoms with Crippen molar-refractivity contribution in [1.29, 1.82) is 0 Å². The molecule has 3 nitrogen and oxygen atoms in total. The lowest BCUT2D eigenvalue weighted by molar-refractivity contribution is -0.142. The molecule has 1 rings (SSSR count). The van der Waals surface area contributed by atoms with Crippen LogP contribution in [0.25, 0.3) is 0 Å². The van der Waals surface area contributed by atoms with E-state index in [0.29, 0.717) is 13.0 Å². The van der Waals surface area contributed by atoms with Gasteiger partial charge < -0.3 is 10.1 Å². The van der Waals surface area contributed by atoms with Gasteiger partial charge in [0.2, 0.25) is 0 Å². The van der Waals surface area contributed by atoms with Gasteiger partial charge in [-0.3, -0.25) is 4.79 Å². The molecule has 0 atom stereocenters. The first-order valence-corrected chi connectivity index (χ1v) is 5.18. The Hall–Kier alpha value is -1.51. The van der Waals surface area contributed by atoms with Crippen LogP contribution in [0.5, 0.6) is 0 Å². The molecule has 0 spiro atoms. The maximum atomic E-state index is 11.3. The van der Waals surface area contributed by atoms with Crippen LogP contribution in [0.3, 0.4) is 0 Å². The Morgan fingerprint density at radius 1 is 1.33 bits per heavy atom. The van der Waals surface area contributed by atoms with Crippen molar-refractivity contribution < 1.29 is 9.53 Å². The monoisotopic (exact) mass is 207 g/mol. The fourth-order valence-electron chi connectivity index (χ4n) is 1.22. The van der Waals surface area contributed by atoms with Gasteiger partial charge in [-0.2, -0.15) is 0 Å². The molecule has 82 valence electrons. The lowest BCUT2D eigenvalue weighted by atomic mass is 10.1. The van der Waals surface area contributed by atoms with Crippen molar-refractivity contribution in [2.24, 2.45) is 0 Å². The van der Waals surface area contributed by atoms with Gasteiger partial charge in [0.1, 0.15) is 0 Å². The number of esters is 1. The molecule has 0 aliphatic carbocycles. The summed E-state index contributed by atoms with van der Waals surface area (Å²) in [5.41, 5.74) is 2.02. The summed E-state index contributed by atoms with van der Waals surface area (Å²) >= 11 is 0. The highest BCUT2D eigenvalue weighted by Gasteiger charge is 2.03. The zero-order valence-electron chi connectivity index (χ0n) is 9.25. The summed E-state index contributed by atoms with van der Waals surface area (Å²) in [5.74, 6) is -0.158. The van der Waals surface area contributed by atoms with E-state index in [1.807, 2.05) is 38.2 Å². The Kier molecular flexibility index (Phi) is 4.68. The van der Waals surface area contributed by atoms with Crippen molar-refractivity contribution in [3.8, 4) is 0 Å². The smallest absolute Gasteiger partial charge is 0.310 e. The van der Waals surface area contributed by atoms with Gasteiger partial charge in [-0.05, 0) is 24.1 Å². The molecule has 0 bridgehead atoms. The van der Waals surface area contributed by atoms with Gasteiger partial charge in [0, 0.05) is 12.7 Å². The molecule has 0 saturated carbocycles. The number of ether oxygens (including phenoxy) is 1. The van der Waals surface area contributed by atoms with Crippen LogP contribution in [0.2, 0.25) is 0 Å².